The van der Waals surface area contributed by atoms with Gasteiger partial charge in [0.15, 0.2) is 11.0 Å². The normalized spacial score (nSPS) is 10.9. The number of nitrogens with zero attached hydrogens (tertiary/aromatic N) is 4. The molecule has 118 valence electrons. The largest absolute Gasteiger partial charge is 0.302 e. The van der Waals surface area contributed by atoms with Crippen LogP contribution in [0.25, 0.3) is 11.4 Å². The predicted octanol–water partition coefficient (Wildman–Crippen LogP) is 4.44. The van der Waals surface area contributed by atoms with Gasteiger partial charge in [0.1, 0.15) is 5.82 Å². The lowest BCUT2D eigenvalue weighted by Gasteiger charge is -2.08. The molecular formula is C16H14ClFN4S. The first-order valence-electron chi connectivity index (χ1n) is 7.09. The number of aromatic nitrogens is 4. The highest BCUT2D eigenvalue weighted by Crippen LogP contribution is 2.28. The maximum absolute atomic E-state index is 13.1. The second-order valence-corrected chi connectivity index (χ2v) is 6.16. The second-order valence-electron chi connectivity index (χ2n) is 4.81. The van der Waals surface area contributed by atoms with Crippen LogP contribution in [0.3, 0.4) is 0 Å². The quantitative estimate of drug-likeness (QED) is 0.639. The molecule has 0 bridgehead atoms. The van der Waals surface area contributed by atoms with Crippen LogP contribution in [-0.4, -0.2) is 19.7 Å². The molecule has 2 heterocycles. The molecule has 7 heteroatoms. The molecule has 2 aromatic heterocycles. The van der Waals surface area contributed by atoms with Crippen molar-refractivity contribution in [2.45, 2.75) is 24.4 Å². The third-order valence-electron chi connectivity index (χ3n) is 3.34. The van der Waals surface area contributed by atoms with Crippen LogP contribution < -0.4 is 0 Å². The van der Waals surface area contributed by atoms with E-state index >= 15 is 0 Å². The molecule has 0 aliphatic rings. The number of thioether (sulfide) groups is 1. The van der Waals surface area contributed by atoms with Crippen molar-refractivity contribution in [3.05, 3.63) is 59.1 Å². The van der Waals surface area contributed by atoms with Crippen molar-refractivity contribution in [1.82, 2.24) is 19.7 Å². The molecule has 4 nitrogen and oxygen atoms in total. The van der Waals surface area contributed by atoms with E-state index in [1.165, 1.54) is 23.9 Å². The summed E-state index contributed by atoms with van der Waals surface area (Å²) < 4.78 is 15.1. The first kappa shape index (κ1) is 16.0. The van der Waals surface area contributed by atoms with Crippen molar-refractivity contribution in [2.75, 3.05) is 0 Å². The van der Waals surface area contributed by atoms with Gasteiger partial charge < -0.3 is 4.57 Å². The van der Waals surface area contributed by atoms with Gasteiger partial charge in [-0.05, 0) is 36.8 Å². The fourth-order valence-electron chi connectivity index (χ4n) is 2.18. The number of halogens is 2. The fraction of sp³-hybridized carbons (Fsp3) is 0.188. The molecular weight excluding hydrogens is 335 g/mol. The van der Waals surface area contributed by atoms with Gasteiger partial charge in [-0.3, -0.25) is 4.98 Å². The Morgan fingerprint density at radius 3 is 2.65 bits per heavy atom. The van der Waals surface area contributed by atoms with E-state index in [9.17, 15) is 4.39 Å². The zero-order chi connectivity index (χ0) is 16.2. The molecule has 23 heavy (non-hydrogen) atoms. The van der Waals surface area contributed by atoms with Crippen molar-refractivity contribution in [3.63, 3.8) is 0 Å². The van der Waals surface area contributed by atoms with Gasteiger partial charge in [-0.15, -0.1) is 10.2 Å². The Hall–Kier alpha value is -1.92. The first-order valence-corrected chi connectivity index (χ1v) is 8.45. The molecule has 0 saturated carbocycles. The number of benzene rings is 1. The van der Waals surface area contributed by atoms with Crippen molar-refractivity contribution in [2.24, 2.45) is 0 Å². The summed E-state index contributed by atoms with van der Waals surface area (Å²) in [6.07, 6.45) is 3.46. The topological polar surface area (TPSA) is 43.6 Å². The van der Waals surface area contributed by atoms with Gasteiger partial charge in [-0.25, -0.2) is 4.39 Å². The van der Waals surface area contributed by atoms with Crippen LogP contribution in [0.15, 0.2) is 47.9 Å². The van der Waals surface area contributed by atoms with Crippen LogP contribution in [0.1, 0.15) is 12.5 Å². The van der Waals surface area contributed by atoms with E-state index in [2.05, 4.69) is 15.2 Å². The molecule has 0 spiro atoms. The predicted molar refractivity (Wildman–Crippen MR) is 89.9 cm³/mol. The Labute approximate surface area is 142 Å². The van der Waals surface area contributed by atoms with E-state index < -0.39 is 0 Å². The van der Waals surface area contributed by atoms with E-state index in [1.54, 1.807) is 18.5 Å². The molecule has 0 aliphatic heterocycles. The van der Waals surface area contributed by atoms with Gasteiger partial charge in [0.05, 0.1) is 0 Å². The van der Waals surface area contributed by atoms with Crippen LogP contribution in [0.2, 0.25) is 5.02 Å². The average Bonchev–Trinajstić information content (AvgIpc) is 2.98. The number of hydrogen-bond acceptors (Lipinski definition) is 4. The van der Waals surface area contributed by atoms with Crippen molar-refractivity contribution < 1.29 is 4.39 Å². The number of pyridine rings is 1. The van der Waals surface area contributed by atoms with Gasteiger partial charge in [0.25, 0.3) is 0 Å². The maximum atomic E-state index is 13.1. The molecule has 0 aliphatic carbocycles. The molecule has 0 radical (unpaired) electrons. The summed E-state index contributed by atoms with van der Waals surface area (Å²) in [4.78, 5) is 4.02. The summed E-state index contributed by atoms with van der Waals surface area (Å²) >= 11 is 7.59. The maximum Gasteiger partial charge on any atom is 0.191 e. The Kier molecular flexibility index (Phi) is 4.93. The smallest absolute Gasteiger partial charge is 0.191 e. The van der Waals surface area contributed by atoms with E-state index in [1.807, 2.05) is 23.6 Å². The van der Waals surface area contributed by atoms with Gasteiger partial charge >= 0.3 is 0 Å². The molecule has 0 amide bonds. The second kappa shape index (κ2) is 7.10. The monoisotopic (exact) mass is 348 g/mol. The van der Waals surface area contributed by atoms with Gasteiger partial charge in [-0.2, -0.15) is 0 Å². The Bertz CT molecular complexity index is 807. The highest BCUT2D eigenvalue weighted by Gasteiger charge is 2.13. The van der Waals surface area contributed by atoms with Crippen LogP contribution in [0.4, 0.5) is 4.39 Å². The van der Waals surface area contributed by atoms with Crippen molar-refractivity contribution in [3.8, 4) is 11.4 Å². The van der Waals surface area contributed by atoms with Crippen LogP contribution in [0.5, 0.6) is 0 Å². The standard InChI is InChI=1S/C16H14ClFN4S/c1-2-22-15(11-5-7-19-8-6-11)20-21-16(22)23-10-12-3-4-13(18)9-14(12)17/h3-9H,2,10H2,1H3. The van der Waals surface area contributed by atoms with Crippen molar-refractivity contribution >= 4 is 23.4 Å². The summed E-state index contributed by atoms with van der Waals surface area (Å²) in [5.74, 6) is 1.08. The summed E-state index contributed by atoms with van der Waals surface area (Å²) in [7, 11) is 0. The van der Waals surface area contributed by atoms with Gasteiger partial charge in [0.2, 0.25) is 0 Å². The minimum atomic E-state index is -0.333. The Morgan fingerprint density at radius 1 is 1.17 bits per heavy atom. The summed E-state index contributed by atoms with van der Waals surface area (Å²) in [6, 6.07) is 8.24. The molecule has 1 aromatic carbocycles. The van der Waals surface area contributed by atoms with Crippen LogP contribution in [0, 0.1) is 5.82 Å². The van der Waals surface area contributed by atoms with Crippen molar-refractivity contribution in [1.29, 1.82) is 0 Å². The van der Waals surface area contributed by atoms with Gasteiger partial charge in [0, 0.05) is 35.3 Å². The van der Waals surface area contributed by atoms with E-state index in [0.29, 0.717) is 10.8 Å². The summed E-state index contributed by atoms with van der Waals surface area (Å²) in [5.41, 5.74) is 1.84. The van der Waals surface area contributed by atoms with Gasteiger partial charge in [-0.1, -0.05) is 29.4 Å². The molecule has 0 atom stereocenters. The third-order valence-corrected chi connectivity index (χ3v) is 4.71. The molecule has 3 aromatic rings. The lowest BCUT2D eigenvalue weighted by Crippen LogP contribution is -2.00. The number of hydrogen-bond donors (Lipinski definition) is 0. The first-order chi connectivity index (χ1) is 11.2. The zero-order valence-corrected chi connectivity index (χ0v) is 14.0. The van der Waals surface area contributed by atoms with E-state index in [0.717, 1.165) is 28.7 Å². The summed E-state index contributed by atoms with van der Waals surface area (Å²) in [5, 5.41) is 9.77. The zero-order valence-electron chi connectivity index (χ0n) is 12.4. The average molecular weight is 349 g/mol. The highest BCUT2D eigenvalue weighted by molar-refractivity contribution is 7.98. The lowest BCUT2D eigenvalue weighted by molar-refractivity contribution is 0.627. The highest BCUT2D eigenvalue weighted by atomic mass is 35.5. The molecule has 3 rings (SSSR count). The molecule has 0 fully saturated rings. The number of rotatable bonds is 5. The molecule has 0 N–H and O–H groups in total. The van der Waals surface area contributed by atoms with E-state index in [-0.39, 0.29) is 5.82 Å². The fourth-order valence-corrected chi connectivity index (χ4v) is 3.50. The molecule has 0 unspecified atom stereocenters. The summed E-state index contributed by atoms with van der Waals surface area (Å²) in [6.45, 7) is 2.80. The Morgan fingerprint density at radius 2 is 1.96 bits per heavy atom. The van der Waals surface area contributed by atoms with Crippen LogP contribution in [-0.2, 0) is 12.3 Å². The minimum absolute atomic E-state index is 0.333. The lowest BCUT2D eigenvalue weighted by atomic mass is 10.2. The van der Waals surface area contributed by atoms with Crippen LogP contribution >= 0.6 is 23.4 Å². The van der Waals surface area contributed by atoms with E-state index in [4.69, 9.17) is 11.6 Å². The third kappa shape index (κ3) is 3.54. The minimum Gasteiger partial charge on any atom is -0.302 e. The Balaban J connectivity index is 1.82. The SMILES string of the molecule is CCn1c(SCc2ccc(F)cc2Cl)nnc1-c1ccncc1. The molecule has 0 saturated heterocycles.